The molecule has 1 nitrogen and oxygen atoms in total. The van der Waals surface area contributed by atoms with Gasteiger partial charge in [-0.2, -0.15) is 11.8 Å². The van der Waals surface area contributed by atoms with E-state index in [0.29, 0.717) is 6.54 Å². The third kappa shape index (κ3) is 3.31. The highest BCUT2D eigenvalue weighted by Gasteiger charge is 2.02. The lowest BCUT2D eigenvalue weighted by Gasteiger charge is -2.04. The normalized spacial score (nSPS) is 10.5. The molecule has 78 valence electrons. The minimum Gasteiger partial charge on any atom is -0.326 e. The third-order valence-electron chi connectivity index (χ3n) is 1.95. The van der Waals surface area contributed by atoms with Gasteiger partial charge in [0.25, 0.3) is 0 Å². The Hall–Kier alpha value is -0.540. The van der Waals surface area contributed by atoms with E-state index < -0.39 is 0 Å². The van der Waals surface area contributed by atoms with Crippen LogP contribution in [0.4, 0.5) is 4.39 Å². The average molecular weight is 213 g/mol. The largest absolute Gasteiger partial charge is 0.326 e. The van der Waals surface area contributed by atoms with Crippen molar-refractivity contribution < 1.29 is 4.39 Å². The van der Waals surface area contributed by atoms with Crippen LogP contribution in [0.1, 0.15) is 24.5 Å². The van der Waals surface area contributed by atoms with Crippen molar-refractivity contribution in [2.75, 3.05) is 5.75 Å². The summed E-state index contributed by atoms with van der Waals surface area (Å²) in [5, 5.41) is 0. The minimum absolute atomic E-state index is 0.120. The van der Waals surface area contributed by atoms with Crippen LogP contribution in [0.15, 0.2) is 18.2 Å². The molecule has 0 spiro atoms. The first-order valence-electron chi connectivity index (χ1n) is 4.83. The van der Waals surface area contributed by atoms with E-state index in [2.05, 4.69) is 6.92 Å². The molecule has 0 amide bonds. The van der Waals surface area contributed by atoms with E-state index in [9.17, 15) is 4.39 Å². The van der Waals surface area contributed by atoms with Gasteiger partial charge in [-0.1, -0.05) is 19.1 Å². The molecule has 0 heterocycles. The Morgan fingerprint density at radius 3 is 2.86 bits per heavy atom. The SMILES string of the molecule is CCCSCc1cc(CN)ccc1F. The summed E-state index contributed by atoms with van der Waals surface area (Å²) in [5.74, 6) is 1.70. The summed E-state index contributed by atoms with van der Waals surface area (Å²) in [5.41, 5.74) is 7.26. The summed E-state index contributed by atoms with van der Waals surface area (Å²) in [6.45, 7) is 2.60. The highest BCUT2D eigenvalue weighted by molar-refractivity contribution is 7.98. The molecular weight excluding hydrogens is 197 g/mol. The molecular formula is C11H16FNS. The average Bonchev–Trinajstić information content (AvgIpc) is 2.21. The highest BCUT2D eigenvalue weighted by Crippen LogP contribution is 2.17. The van der Waals surface area contributed by atoms with Crippen molar-refractivity contribution in [2.24, 2.45) is 5.73 Å². The molecule has 1 rings (SSSR count). The lowest BCUT2D eigenvalue weighted by molar-refractivity contribution is 0.616. The maximum atomic E-state index is 13.3. The maximum Gasteiger partial charge on any atom is 0.127 e. The number of rotatable bonds is 5. The van der Waals surface area contributed by atoms with Gasteiger partial charge in [-0.15, -0.1) is 0 Å². The summed E-state index contributed by atoms with van der Waals surface area (Å²) in [4.78, 5) is 0. The summed E-state index contributed by atoms with van der Waals surface area (Å²) in [6, 6.07) is 5.10. The Morgan fingerprint density at radius 1 is 1.43 bits per heavy atom. The van der Waals surface area contributed by atoms with Crippen molar-refractivity contribution in [3.63, 3.8) is 0 Å². The summed E-state index contributed by atoms with van der Waals surface area (Å²) >= 11 is 1.76. The fourth-order valence-electron chi connectivity index (χ4n) is 1.19. The van der Waals surface area contributed by atoms with Gasteiger partial charge in [-0.3, -0.25) is 0 Å². The van der Waals surface area contributed by atoms with Gasteiger partial charge in [0.15, 0.2) is 0 Å². The highest BCUT2D eigenvalue weighted by atomic mass is 32.2. The molecule has 3 heteroatoms. The predicted molar refractivity (Wildman–Crippen MR) is 60.7 cm³/mol. The van der Waals surface area contributed by atoms with Crippen LogP contribution in [0.25, 0.3) is 0 Å². The molecule has 0 saturated carbocycles. The molecule has 0 bridgehead atoms. The Kier molecular flexibility index (Phi) is 4.98. The first-order chi connectivity index (χ1) is 6.77. The molecule has 0 radical (unpaired) electrons. The monoisotopic (exact) mass is 213 g/mol. The lowest BCUT2D eigenvalue weighted by atomic mass is 10.1. The van der Waals surface area contributed by atoms with Crippen LogP contribution in [-0.2, 0) is 12.3 Å². The molecule has 0 fully saturated rings. The van der Waals surface area contributed by atoms with Crippen LogP contribution in [0, 0.1) is 5.82 Å². The van der Waals surface area contributed by atoms with Gasteiger partial charge < -0.3 is 5.73 Å². The molecule has 0 aliphatic carbocycles. The van der Waals surface area contributed by atoms with E-state index in [1.165, 1.54) is 6.07 Å². The van der Waals surface area contributed by atoms with Crippen LogP contribution in [0.5, 0.6) is 0 Å². The fourth-order valence-corrected chi connectivity index (χ4v) is 2.07. The van der Waals surface area contributed by atoms with Gasteiger partial charge in [0.1, 0.15) is 5.82 Å². The zero-order valence-electron chi connectivity index (χ0n) is 8.42. The molecule has 14 heavy (non-hydrogen) atoms. The van der Waals surface area contributed by atoms with Crippen molar-refractivity contribution in [2.45, 2.75) is 25.6 Å². The summed E-state index contributed by atoms with van der Waals surface area (Å²) in [6.07, 6.45) is 1.13. The predicted octanol–water partition coefficient (Wildman–Crippen LogP) is 2.93. The van der Waals surface area contributed by atoms with Crippen LogP contribution in [-0.4, -0.2) is 5.75 Å². The lowest BCUT2D eigenvalue weighted by Crippen LogP contribution is -1.98. The standard InChI is InChI=1S/C11H16FNS/c1-2-5-14-8-10-6-9(7-13)3-4-11(10)12/h3-4,6H,2,5,7-8,13H2,1H3. The Labute approximate surface area is 88.9 Å². The van der Waals surface area contributed by atoms with Gasteiger partial charge in [-0.05, 0) is 29.4 Å². The number of thioether (sulfide) groups is 1. The number of hydrogen-bond acceptors (Lipinski definition) is 2. The first-order valence-corrected chi connectivity index (χ1v) is 5.98. The minimum atomic E-state index is -0.120. The Bertz CT molecular complexity index is 289. The first kappa shape index (κ1) is 11.5. The number of halogens is 1. The third-order valence-corrected chi connectivity index (χ3v) is 3.16. The van der Waals surface area contributed by atoms with Crippen molar-refractivity contribution in [3.05, 3.63) is 35.1 Å². The second kappa shape index (κ2) is 6.04. The topological polar surface area (TPSA) is 26.0 Å². The molecule has 0 aromatic heterocycles. The molecule has 0 aliphatic heterocycles. The van der Waals surface area contributed by atoms with Gasteiger partial charge in [0, 0.05) is 12.3 Å². The number of benzene rings is 1. The molecule has 0 unspecified atom stereocenters. The zero-order valence-corrected chi connectivity index (χ0v) is 9.24. The van der Waals surface area contributed by atoms with Gasteiger partial charge in [0.05, 0.1) is 0 Å². The van der Waals surface area contributed by atoms with E-state index in [4.69, 9.17) is 5.73 Å². The second-order valence-electron chi connectivity index (χ2n) is 3.18. The molecule has 0 aliphatic rings. The van der Waals surface area contributed by atoms with Crippen molar-refractivity contribution in [1.82, 2.24) is 0 Å². The van der Waals surface area contributed by atoms with E-state index in [-0.39, 0.29) is 5.82 Å². The summed E-state index contributed by atoms with van der Waals surface area (Å²) < 4.78 is 13.3. The zero-order chi connectivity index (χ0) is 10.4. The molecule has 1 aromatic carbocycles. The Balaban J connectivity index is 2.64. The van der Waals surface area contributed by atoms with Gasteiger partial charge >= 0.3 is 0 Å². The van der Waals surface area contributed by atoms with Crippen molar-refractivity contribution in [3.8, 4) is 0 Å². The van der Waals surface area contributed by atoms with Gasteiger partial charge in [0.2, 0.25) is 0 Å². The van der Waals surface area contributed by atoms with E-state index in [0.717, 1.165) is 29.1 Å². The quantitative estimate of drug-likeness (QED) is 0.761. The molecule has 0 atom stereocenters. The van der Waals surface area contributed by atoms with Gasteiger partial charge in [-0.25, -0.2) is 4.39 Å². The number of hydrogen-bond donors (Lipinski definition) is 1. The van der Waals surface area contributed by atoms with Crippen LogP contribution < -0.4 is 5.73 Å². The molecule has 2 N–H and O–H groups in total. The summed E-state index contributed by atoms with van der Waals surface area (Å²) in [7, 11) is 0. The fraction of sp³-hybridized carbons (Fsp3) is 0.455. The van der Waals surface area contributed by atoms with Crippen molar-refractivity contribution >= 4 is 11.8 Å². The van der Waals surface area contributed by atoms with E-state index >= 15 is 0 Å². The van der Waals surface area contributed by atoms with E-state index in [1.54, 1.807) is 17.8 Å². The molecule has 0 saturated heterocycles. The van der Waals surface area contributed by atoms with Crippen LogP contribution >= 0.6 is 11.8 Å². The van der Waals surface area contributed by atoms with Crippen molar-refractivity contribution in [1.29, 1.82) is 0 Å². The van der Waals surface area contributed by atoms with Crippen LogP contribution in [0.2, 0.25) is 0 Å². The maximum absolute atomic E-state index is 13.3. The number of nitrogens with two attached hydrogens (primary N) is 1. The second-order valence-corrected chi connectivity index (χ2v) is 4.29. The van der Waals surface area contributed by atoms with Crippen LogP contribution in [0.3, 0.4) is 0 Å². The molecule has 1 aromatic rings. The smallest absolute Gasteiger partial charge is 0.127 e. The Morgan fingerprint density at radius 2 is 2.21 bits per heavy atom. The van der Waals surface area contributed by atoms with E-state index in [1.807, 2.05) is 6.07 Å².